The van der Waals surface area contributed by atoms with Crippen molar-refractivity contribution in [3.8, 4) is 0 Å². The van der Waals surface area contributed by atoms with Gasteiger partial charge in [-0.25, -0.2) is 16.8 Å². The number of thiocarbonyl (C=S) groups is 1. The number of rotatable bonds is 6. The maximum atomic E-state index is 13.5. The van der Waals surface area contributed by atoms with Gasteiger partial charge in [0.25, 0.3) is 0 Å². The Bertz CT molecular complexity index is 1230. The maximum Gasteiger partial charge on any atom is 0.221 e. The van der Waals surface area contributed by atoms with Gasteiger partial charge in [-0.3, -0.25) is 0 Å². The smallest absolute Gasteiger partial charge is 0.221 e. The second-order valence-corrected chi connectivity index (χ2v) is 12.8. The van der Waals surface area contributed by atoms with Crippen molar-refractivity contribution in [2.24, 2.45) is 0 Å². The second kappa shape index (κ2) is 9.20. The van der Waals surface area contributed by atoms with Crippen LogP contribution < -0.4 is 5.32 Å². The summed E-state index contributed by atoms with van der Waals surface area (Å²) in [5.74, 6) is 0. The lowest BCUT2D eigenvalue weighted by Crippen LogP contribution is -2.40. The Morgan fingerprint density at radius 3 is 1.52 bits per heavy atom. The van der Waals surface area contributed by atoms with Crippen molar-refractivity contribution < 1.29 is 16.8 Å². The molecule has 3 aromatic carbocycles. The number of hydrogen-bond donors (Lipinski definition) is 1. The molecule has 0 spiro atoms. The average Bonchev–Trinajstić information content (AvgIpc) is 2.70. The molecule has 0 aliphatic carbocycles. The van der Waals surface area contributed by atoms with Gasteiger partial charge in [0, 0.05) is 10.2 Å². The maximum absolute atomic E-state index is 13.5. The van der Waals surface area contributed by atoms with Crippen molar-refractivity contribution in [2.75, 3.05) is 5.32 Å². The molecule has 1 N–H and O–H groups in total. The molecule has 0 heterocycles. The summed E-state index contributed by atoms with van der Waals surface area (Å²) >= 11 is 8.68. The summed E-state index contributed by atoms with van der Waals surface area (Å²) in [6.07, 6.45) is 0. The molecule has 0 fully saturated rings. The van der Waals surface area contributed by atoms with Crippen molar-refractivity contribution >= 4 is 58.5 Å². The first kappa shape index (κ1) is 23.6. The molecule has 3 rings (SSSR count). The van der Waals surface area contributed by atoms with Crippen molar-refractivity contribution in [3.63, 3.8) is 0 Å². The number of benzene rings is 3. The third kappa shape index (κ3) is 5.23. The van der Waals surface area contributed by atoms with Gasteiger partial charge in [-0.2, -0.15) is 0 Å². The number of sulfone groups is 2. The fourth-order valence-corrected chi connectivity index (χ4v) is 8.24. The van der Waals surface area contributed by atoms with Crippen molar-refractivity contribution in [1.29, 1.82) is 0 Å². The Morgan fingerprint density at radius 1 is 0.742 bits per heavy atom. The molecule has 0 unspecified atom stereocenters. The Morgan fingerprint density at radius 2 is 1.13 bits per heavy atom. The van der Waals surface area contributed by atoms with Crippen LogP contribution in [0.2, 0.25) is 0 Å². The van der Waals surface area contributed by atoms with E-state index in [9.17, 15) is 16.8 Å². The molecule has 0 aromatic heterocycles. The standard InChI is InChI=1S/C22H20BrNO4S3/c1-15-3-11-19(12-4-15)30(25,26)22(21(29)24-18-9-7-17(23)8-10-18)31(27,28)20-13-5-16(2)6-14-20/h3-14,22H,1-2H3,(H,24,29). The van der Waals surface area contributed by atoms with Crippen LogP contribution in [0.4, 0.5) is 5.69 Å². The Hall–Kier alpha value is -2.07. The second-order valence-electron chi connectivity index (χ2n) is 7.04. The molecular formula is C22H20BrNO4S3. The van der Waals surface area contributed by atoms with Gasteiger partial charge >= 0.3 is 0 Å². The first-order valence-electron chi connectivity index (χ1n) is 9.19. The van der Waals surface area contributed by atoms with Crippen LogP contribution in [0.3, 0.4) is 0 Å². The van der Waals surface area contributed by atoms with Gasteiger partial charge in [0.15, 0.2) is 0 Å². The van der Waals surface area contributed by atoms with Crippen LogP contribution in [0.15, 0.2) is 87.1 Å². The molecule has 5 nitrogen and oxygen atoms in total. The van der Waals surface area contributed by atoms with E-state index in [4.69, 9.17) is 12.2 Å². The van der Waals surface area contributed by atoms with E-state index in [-0.39, 0.29) is 14.8 Å². The molecule has 0 aliphatic heterocycles. The predicted octanol–water partition coefficient (Wildman–Crippen LogP) is 5.08. The molecule has 3 aromatic rings. The normalized spacial score (nSPS) is 12.0. The molecule has 0 radical (unpaired) electrons. The van der Waals surface area contributed by atoms with E-state index < -0.39 is 24.3 Å². The minimum absolute atomic E-state index is 0.112. The van der Waals surface area contributed by atoms with E-state index in [1.165, 1.54) is 24.3 Å². The van der Waals surface area contributed by atoms with Gasteiger partial charge < -0.3 is 5.32 Å². The molecule has 0 aliphatic rings. The van der Waals surface area contributed by atoms with Gasteiger partial charge in [-0.15, -0.1) is 0 Å². The first-order valence-corrected chi connectivity index (χ1v) is 13.5. The average molecular weight is 539 g/mol. The summed E-state index contributed by atoms with van der Waals surface area (Å²) in [5.41, 5.74) is 2.19. The van der Waals surface area contributed by atoms with E-state index in [0.29, 0.717) is 5.69 Å². The number of aryl methyl sites for hydroxylation is 2. The van der Waals surface area contributed by atoms with Crippen LogP contribution in [-0.2, 0) is 19.7 Å². The lowest BCUT2D eigenvalue weighted by molar-refractivity contribution is 0.584. The van der Waals surface area contributed by atoms with Gasteiger partial charge in [0.05, 0.1) is 9.79 Å². The zero-order valence-corrected chi connectivity index (χ0v) is 20.8. The van der Waals surface area contributed by atoms with E-state index in [1.54, 1.807) is 48.5 Å². The lowest BCUT2D eigenvalue weighted by atomic mass is 10.2. The van der Waals surface area contributed by atoms with E-state index in [2.05, 4.69) is 21.2 Å². The third-order valence-corrected chi connectivity index (χ3v) is 10.7. The van der Waals surface area contributed by atoms with Crippen LogP contribution in [0.25, 0.3) is 0 Å². The van der Waals surface area contributed by atoms with Crippen LogP contribution in [0.5, 0.6) is 0 Å². The monoisotopic (exact) mass is 537 g/mol. The molecule has 31 heavy (non-hydrogen) atoms. The highest BCUT2D eigenvalue weighted by molar-refractivity contribution is 9.10. The molecule has 0 saturated heterocycles. The Balaban J connectivity index is 2.12. The van der Waals surface area contributed by atoms with Gasteiger partial charge in [-0.1, -0.05) is 63.5 Å². The summed E-state index contributed by atoms with van der Waals surface area (Å²) in [4.78, 5) is -0.541. The van der Waals surface area contributed by atoms with Gasteiger partial charge in [0.2, 0.25) is 24.3 Å². The summed E-state index contributed by atoms with van der Waals surface area (Å²) < 4.78 is 52.8. The molecular weight excluding hydrogens is 518 g/mol. The highest BCUT2D eigenvalue weighted by atomic mass is 79.9. The molecule has 162 valence electrons. The fraction of sp³-hybridized carbons (Fsp3) is 0.136. The van der Waals surface area contributed by atoms with Crippen molar-refractivity contribution in [2.45, 2.75) is 28.2 Å². The topological polar surface area (TPSA) is 80.3 Å². The fourth-order valence-electron chi connectivity index (χ4n) is 2.89. The highest BCUT2D eigenvalue weighted by Gasteiger charge is 2.43. The molecule has 0 bridgehead atoms. The van der Waals surface area contributed by atoms with Crippen LogP contribution >= 0.6 is 28.1 Å². The van der Waals surface area contributed by atoms with Crippen molar-refractivity contribution in [1.82, 2.24) is 0 Å². The van der Waals surface area contributed by atoms with E-state index in [0.717, 1.165) is 15.6 Å². The van der Waals surface area contributed by atoms with Gasteiger partial charge in [0.1, 0.15) is 4.99 Å². The van der Waals surface area contributed by atoms with Crippen molar-refractivity contribution in [3.05, 3.63) is 88.4 Å². The van der Waals surface area contributed by atoms with E-state index >= 15 is 0 Å². The molecule has 9 heteroatoms. The Kier molecular flexibility index (Phi) is 7.00. The largest absolute Gasteiger partial charge is 0.348 e. The number of hydrogen-bond acceptors (Lipinski definition) is 5. The van der Waals surface area contributed by atoms with E-state index in [1.807, 2.05) is 13.8 Å². The number of anilines is 1. The number of nitrogens with one attached hydrogen (secondary N) is 1. The predicted molar refractivity (Wildman–Crippen MR) is 131 cm³/mol. The zero-order valence-electron chi connectivity index (χ0n) is 16.7. The highest BCUT2D eigenvalue weighted by Crippen LogP contribution is 2.28. The molecule has 0 amide bonds. The Labute approximate surface area is 196 Å². The minimum atomic E-state index is -4.36. The summed E-state index contributed by atoms with van der Waals surface area (Å²) in [6.45, 7) is 3.63. The van der Waals surface area contributed by atoms with Crippen LogP contribution in [-0.4, -0.2) is 26.4 Å². The minimum Gasteiger partial charge on any atom is -0.348 e. The summed E-state index contributed by atoms with van der Waals surface area (Å²) in [7, 11) is -8.72. The summed E-state index contributed by atoms with van der Waals surface area (Å²) in [5, 5.41) is 2.80. The summed E-state index contributed by atoms with van der Waals surface area (Å²) in [6, 6.07) is 18.9. The van der Waals surface area contributed by atoms with Crippen LogP contribution in [0, 0.1) is 13.8 Å². The molecule has 0 saturated carbocycles. The van der Waals surface area contributed by atoms with Gasteiger partial charge in [-0.05, 0) is 62.4 Å². The molecule has 0 atom stereocenters. The quantitative estimate of drug-likeness (QED) is 0.441. The zero-order chi connectivity index (χ0) is 22.8. The third-order valence-electron chi connectivity index (χ3n) is 4.59. The van der Waals surface area contributed by atoms with Crippen LogP contribution in [0.1, 0.15) is 11.1 Å². The number of halogens is 1. The first-order chi connectivity index (χ1) is 14.5. The lowest BCUT2D eigenvalue weighted by Gasteiger charge is -2.21. The SMILES string of the molecule is Cc1ccc(S(=O)(=O)C(C(=S)Nc2ccc(Br)cc2)S(=O)(=O)c2ccc(C)cc2)cc1.